The molecule has 1 amide bonds. The van der Waals surface area contributed by atoms with Crippen LogP contribution in [0.25, 0.3) is 0 Å². The zero-order valence-electron chi connectivity index (χ0n) is 14.7. The van der Waals surface area contributed by atoms with Crippen molar-refractivity contribution in [1.82, 2.24) is 4.90 Å². The summed E-state index contributed by atoms with van der Waals surface area (Å²) in [6, 6.07) is 17.4. The second kappa shape index (κ2) is 8.52. The fourth-order valence-corrected chi connectivity index (χ4v) is 3.40. The second-order valence-electron chi connectivity index (χ2n) is 6.71. The third-order valence-corrected chi connectivity index (χ3v) is 4.94. The van der Waals surface area contributed by atoms with Crippen molar-refractivity contribution in [3.63, 3.8) is 0 Å². The van der Waals surface area contributed by atoms with Crippen LogP contribution in [0, 0.1) is 5.92 Å². The normalized spacial score (nSPS) is 14.8. The van der Waals surface area contributed by atoms with E-state index in [9.17, 15) is 9.59 Å². The molecule has 0 atom stereocenters. The fourth-order valence-electron chi connectivity index (χ4n) is 3.40. The number of hydrogen-bond acceptors (Lipinski definition) is 3. The van der Waals surface area contributed by atoms with Gasteiger partial charge in [0.15, 0.2) is 5.78 Å². The summed E-state index contributed by atoms with van der Waals surface area (Å²) in [5.41, 5.74) is 2.48. The number of hydrogen-bond donors (Lipinski definition) is 2. The lowest BCUT2D eigenvalue weighted by Crippen LogP contribution is -2.37. The van der Waals surface area contributed by atoms with Gasteiger partial charge >= 0.3 is 6.09 Å². The van der Waals surface area contributed by atoms with E-state index in [2.05, 4.69) is 5.32 Å². The number of benzene rings is 2. The maximum atomic E-state index is 12.7. The van der Waals surface area contributed by atoms with Gasteiger partial charge in [0.2, 0.25) is 0 Å². The fraction of sp³-hybridized carbons (Fsp3) is 0.333. The molecular formula is C21H24N2O3. The van der Waals surface area contributed by atoms with E-state index in [1.165, 1.54) is 4.90 Å². The number of likely N-dealkylation sites (tertiary alicyclic amines) is 1. The third kappa shape index (κ3) is 4.63. The molecule has 2 aromatic carbocycles. The highest BCUT2D eigenvalue weighted by molar-refractivity contribution is 6.01. The summed E-state index contributed by atoms with van der Waals surface area (Å²) in [7, 11) is 0. The first-order valence-electron chi connectivity index (χ1n) is 9.05. The molecule has 1 fully saturated rings. The zero-order valence-corrected chi connectivity index (χ0v) is 14.7. The largest absolute Gasteiger partial charge is 0.465 e. The maximum Gasteiger partial charge on any atom is 0.407 e. The number of nitrogens with one attached hydrogen (secondary N) is 1. The van der Waals surface area contributed by atoms with E-state index in [1.54, 1.807) is 0 Å². The van der Waals surface area contributed by atoms with E-state index in [0.29, 0.717) is 31.0 Å². The van der Waals surface area contributed by atoms with E-state index in [4.69, 9.17) is 5.11 Å². The Balaban J connectivity index is 1.58. The molecule has 0 radical (unpaired) electrons. The first kappa shape index (κ1) is 18.0. The molecule has 0 aliphatic carbocycles. The topological polar surface area (TPSA) is 69.6 Å². The number of Topliss-reactive ketones (excluding diaryl/α,β-unsaturated/α-hetero) is 1. The molecule has 5 nitrogen and oxygen atoms in total. The number of para-hydroxylation sites is 2. The molecule has 5 heteroatoms. The molecule has 3 rings (SSSR count). The van der Waals surface area contributed by atoms with Crippen molar-refractivity contribution >= 4 is 23.3 Å². The molecule has 2 aromatic rings. The molecule has 0 aromatic heterocycles. The van der Waals surface area contributed by atoms with E-state index in [1.807, 2.05) is 54.6 Å². The smallest absolute Gasteiger partial charge is 0.407 e. The molecule has 0 bridgehead atoms. The van der Waals surface area contributed by atoms with Crippen LogP contribution in [0.1, 0.15) is 36.0 Å². The van der Waals surface area contributed by atoms with Crippen molar-refractivity contribution < 1.29 is 14.7 Å². The van der Waals surface area contributed by atoms with Gasteiger partial charge in [-0.3, -0.25) is 4.79 Å². The van der Waals surface area contributed by atoms with Crippen LogP contribution in [0.4, 0.5) is 16.2 Å². The molecule has 1 heterocycles. The molecule has 2 N–H and O–H groups in total. The van der Waals surface area contributed by atoms with Crippen LogP contribution >= 0.6 is 0 Å². The van der Waals surface area contributed by atoms with Crippen molar-refractivity contribution in [3.05, 3.63) is 60.2 Å². The third-order valence-electron chi connectivity index (χ3n) is 4.94. The number of carbonyl (C=O) groups is 2. The van der Waals surface area contributed by atoms with Gasteiger partial charge in [-0.2, -0.15) is 0 Å². The lowest BCUT2D eigenvalue weighted by molar-refractivity contribution is 0.0954. The van der Waals surface area contributed by atoms with Crippen LogP contribution in [0.2, 0.25) is 0 Å². The molecule has 1 aliphatic rings. The van der Waals surface area contributed by atoms with Crippen LogP contribution < -0.4 is 5.32 Å². The van der Waals surface area contributed by atoms with Gasteiger partial charge in [-0.15, -0.1) is 0 Å². The maximum absolute atomic E-state index is 12.7. The summed E-state index contributed by atoms with van der Waals surface area (Å²) < 4.78 is 0. The monoisotopic (exact) mass is 352 g/mol. The lowest BCUT2D eigenvalue weighted by atomic mass is 9.90. The highest BCUT2D eigenvalue weighted by Gasteiger charge is 2.23. The van der Waals surface area contributed by atoms with Crippen LogP contribution in [0.5, 0.6) is 0 Å². The molecule has 26 heavy (non-hydrogen) atoms. The van der Waals surface area contributed by atoms with Crippen LogP contribution in [0.15, 0.2) is 54.6 Å². The molecule has 136 valence electrons. The van der Waals surface area contributed by atoms with Gasteiger partial charge in [0.25, 0.3) is 0 Å². The lowest BCUT2D eigenvalue weighted by Gasteiger charge is -2.29. The Hall–Kier alpha value is -2.82. The van der Waals surface area contributed by atoms with Gasteiger partial charge in [-0.05, 0) is 49.4 Å². The Morgan fingerprint density at radius 1 is 1.00 bits per heavy atom. The number of anilines is 2. The highest BCUT2D eigenvalue weighted by Crippen LogP contribution is 2.26. The van der Waals surface area contributed by atoms with Gasteiger partial charge in [0.05, 0.1) is 0 Å². The van der Waals surface area contributed by atoms with Gasteiger partial charge in [-0.1, -0.05) is 30.3 Å². The quantitative estimate of drug-likeness (QED) is 0.734. The van der Waals surface area contributed by atoms with Crippen LogP contribution in [0.3, 0.4) is 0 Å². The minimum atomic E-state index is -0.847. The number of amides is 1. The van der Waals surface area contributed by atoms with Gasteiger partial charge < -0.3 is 15.3 Å². The van der Waals surface area contributed by atoms with Gasteiger partial charge in [0, 0.05) is 36.4 Å². The first-order valence-corrected chi connectivity index (χ1v) is 9.05. The highest BCUT2D eigenvalue weighted by atomic mass is 16.4. The Bertz CT molecular complexity index is 753. The first-order chi connectivity index (χ1) is 12.6. The van der Waals surface area contributed by atoms with Crippen molar-refractivity contribution in [2.75, 3.05) is 18.4 Å². The Kier molecular flexibility index (Phi) is 5.89. The second-order valence-corrected chi connectivity index (χ2v) is 6.71. The number of carboxylic acid groups (broad SMARTS) is 1. The molecule has 0 unspecified atom stereocenters. The summed E-state index contributed by atoms with van der Waals surface area (Å²) >= 11 is 0. The van der Waals surface area contributed by atoms with Crippen LogP contribution in [-0.2, 0) is 0 Å². The van der Waals surface area contributed by atoms with E-state index in [0.717, 1.165) is 30.6 Å². The van der Waals surface area contributed by atoms with Crippen molar-refractivity contribution in [2.24, 2.45) is 5.92 Å². The number of rotatable bonds is 6. The summed E-state index contributed by atoms with van der Waals surface area (Å²) in [6.07, 6.45) is 2.13. The van der Waals surface area contributed by atoms with E-state index >= 15 is 0 Å². The van der Waals surface area contributed by atoms with Crippen molar-refractivity contribution in [1.29, 1.82) is 0 Å². The molecule has 1 aliphatic heterocycles. The minimum Gasteiger partial charge on any atom is -0.465 e. The minimum absolute atomic E-state index is 0.129. The molecule has 0 spiro atoms. The number of ketones is 1. The average molecular weight is 352 g/mol. The predicted molar refractivity (Wildman–Crippen MR) is 102 cm³/mol. The Labute approximate surface area is 153 Å². The van der Waals surface area contributed by atoms with Gasteiger partial charge in [0.1, 0.15) is 0 Å². The summed E-state index contributed by atoms with van der Waals surface area (Å²) in [6.45, 7) is 1.14. The standard InChI is InChI=1S/C21H24N2O3/c24-20(11-10-16-12-14-23(15-13-16)21(25)26)18-8-4-5-9-19(18)22-17-6-2-1-3-7-17/h1-9,16,22H,10-15H2,(H,25,26). The summed E-state index contributed by atoms with van der Waals surface area (Å²) in [5, 5.41) is 12.3. The molecular weight excluding hydrogens is 328 g/mol. The Morgan fingerprint density at radius 2 is 1.65 bits per heavy atom. The SMILES string of the molecule is O=C(CCC1CCN(C(=O)O)CC1)c1ccccc1Nc1ccccc1. The average Bonchev–Trinajstić information content (AvgIpc) is 2.67. The number of piperidine rings is 1. The van der Waals surface area contributed by atoms with E-state index in [-0.39, 0.29) is 5.78 Å². The Morgan fingerprint density at radius 3 is 2.35 bits per heavy atom. The van der Waals surface area contributed by atoms with Gasteiger partial charge in [-0.25, -0.2) is 4.79 Å². The number of nitrogens with zero attached hydrogens (tertiary/aromatic N) is 1. The number of carbonyl (C=O) groups excluding carboxylic acids is 1. The summed E-state index contributed by atoms with van der Waals surface area (Å²) in [4.78, 5) is 25.1. The van der Waals surface area contributed by atoms with Crippen LogP contribution in [-0.4, -0.2) is 35.0 Å². The van der Waals surface area contributed by atoms with Crippen molar-refractivity contribution in [3.8, 4) is 0 Å². The zero-order chi connectivity index (χ0) is 18.4. The van der Waals surface area contributed by atoms with Crippen molar-refractivity contribution in [2.45, 2.75) is 25.7 Å². The van der Waals surface area contributed by atoms with E-state index < -0.39 is 6.09 Å². The molecule has 0 saturated carbocycles. The predicted octanol–water partition coefficient (Wildman–Crippen LogP) is 4.78. The summed E-state index contributed by atoms with van der Waals surface area (Å²) in [5.74, 6) is 0.550. The molecule has 1 saturated heterocycles.